The number of benzene rings is 2. The molecule has 0 aliphatic carbocycles. The Morgan fingerprint density at radius 1 is 0.750 bits per heavy atom. The summed E-state index contributed by atoms with van der Waals surface area (Å²) in [5, 5.41) is 20.3. The zero-order chi connectivity index (χ0) is 21.9. The fraction of sp³-hybridized carbons (Fsp3) is 0.143. The molecule has 6 nitrogen and oxygen atoms in total. The van der Waals surface area contributed by atoms with Gasteiger partial charge in [-0.3, -0.25) is 20.2 Å². The van der Waals surface area contributed by atoms with E-state index in [4.69, 9.17) is 0 Å². The summed E-state index contributed by atoms with van der Waals surface area (Å²) in [6.45, 7) is 0. The molecule has 152 valence electrons. The minimum absolute atomic E-state index is 0.0954. The average molecular weight is 418 g/mol. The van der Waals surface area contributed by atoms with Gasteiger partial charge in [0.2, 0.25) is 0 Å². The van der Waals surface area contributed by atoms with Gasteiger partial charge in [-0.2, -0.15) is 26.3 Å². The van der Waals surface area contributed by atoms with Crippen molar-refractivity contribution < 1.29 is 45.0 Å². The predicted octanol–water partition coefficient (Wildman–Crippen LogP) is 5.51. The van der Waals surface area contributed by atoms with Gasteiger partial charge >= 0.3 is 12.4 Å². The quantitative estimate of drug-likeness (QED) is 0.366. The van der Waals surface area contributed by atoms with Gasteiger partial charge in [0.05, 0.1) is 9.85 Å². The number of halogens is 8. The zero-order valence-corrected chi connectivity index (χ0v) is 13.0. The SMILES string of the molecule is O=[N+]([O-])c1ccc(F)cc1C(F)(F)F.O=[N+]([O-])c1cccc(F)c1C(F)(F)F. The number of hydrogen-bond donors (Lipinski definition) is 0. The molecule has 0 aromatic heterocycles. The number of nitrogens with zero attached hydrogens (tertiary/aromatic N) is 2. The molecule has 0 spiro atoms. The molecule has 0 aliphatic heterocycles. The predicted molar refractivity (Wildman–Crippen MR) is 76.1 cm³/mol. The third-order valence-corrected chi connectivity index (χ3v) is 2.93. The van der Waals surface area contributed by atoms with Gasteiger partial charge in [0, 0.05) is 12.1 Å². The van der Waals surface area contributed by atoms with E-state index in [1.165, 1.54) is 0 Å². The Morgan fingerprint density at radius 3 is 1.68 bits per heavy atom. The molecule has 0 atom stereocenters. The highest BCUT2D eigenvalue weighted by Gasteiger charge is 2.41. The largest absolute Gasteiger partial charge is 0.425 e. The number of alkyl halides is 6. The molecule has 28 heavy (non-hydrogen) atoms. The van der Waals surface area contributed by atoms with Crippen molar-refractivity contribution in [3.63, 3.8) is 0 Å². The van der Waals surface area contributed by atoms with Crippen molar-refractivity contribution in [1.29, 1.82) is 0 Å². The first-order valence-corrected chi connectivity index (χ1v) is 6.67. The Labute approximate surface area is 149 Å². The molecule has 14 heteroatoms. The van der Waals surface area contributed by atoms with Crippen LogP contribution in [0.5, 0.6) is 0 Å². The maximum atomic E-state index is 12.7. The van der Waals surface area contributed by atoms with Gasteiger partial charge in [-0.05, 0) is 18.2 Å². The lowest BCUT2D eigenvalue weighted by Gasteiger charge is -2.07. The van der Waals surface area contributed by atoms with E-state index in [0.717, 1.165) is 6.07 Å². The minimum Gasteiger partial charge on any atom is -0.258 e. The van der Waals surface area contributed by atoms with Crippen LogP contribution in [0.15, 0.2) is 36.4 Å². The van der Waals surface area contributed by atoms with Crippen LogP contribution in [0.3, 0.4) is 0 Å². The van der Waals surface area contributed by atoms with Crippen molar-refractivity contribution >= 4 is 11.4 Å². The van der Waals surface area contributed by atoms with Crippen LogP contribution in [-0.2, 0) is 12.4 Å². The molecular weight excluding hydrogens is 412 g/mol. The topological polar surface area (TPSA) is 86.3 Å². The van der Waals surface area contributed by atoms with E-state index >= 15 is 0 Å². The van der Waals surface area contributed by atoms with Crippen molar-refractivity contribution in [2.45, 2.75) is 12.4 Å². The van der Waals surface area contributed by atoms with Crippen molar-refractivity contribution in [2.24, 2.45) is 0 Å². The van der Waals surface area contributed by atoms with Gasteiger partial charge in [0.1, 0.15) is 17.2 Å². The minimum atomic E-state index is -5.06. The van der Waals surface area contributed by atoms with E-state index in [1.807, 2.05) is 0 Å². The van der Waals surface area contributed by atoms with Crippen LogP contribution >= 0.6 is 0 Å². The lowest BCUT2D eigenvalue weighted by molar-refractivity contribution is -0.388. The van der Waals surface area contributed by atoms with Crippen molar-refractivity contribution in [2.75, 3.05) is 0 Å². The maximum Gasteiger partial charge on any atom is 0.425 e. The third-order valence-electron chi connectivity index (χ3n) is 2.93. The van der Waals surface area contributed by atoms with E-state index in [9.17, 15) is 55.4 Å². The molecule has 0 saturated carbocycles. The molecule has 0 radical (unpaired) electrons. The van der Waals surface area contributed by atoms with Gasteiger partial charge < -0.3 is 0 Å². The monoisotopic (exact) mass is 418 g/mol. The Balaban J connectivity index is 0.000000280. The molecule has 2 rings (SSSR count). The van der Waals surface area contributed by atoms with Gasteiger partial charge in [-0.25, -0.2) is 8.78 Å². The number of rotatable bonds is 2. The first kappa shape index (κ1) is 22.7. The first-order chi connectivity index (χ1) is 12.7. The Hall–Kier alpha value is -3.32. The highest BCUT2D eigenvalue weighted by atomic mass is 19.4. The van der Waals surface area contributed by atoms with E-state index < -0.39 is 56.3 Å². The molecule has 0 N–H and O–H groups in total. The smallest absolute Gasteiger partial charge is 0.258 e. The van der Waals surface area contributed by atoms with E-state index in [-0.39, 0.29) is 6.07 Å². The maximum absolute atomic E-state index is 12.7. The lowest BCUT2D eigenvalue weighted by Crippen LogP contribution is -2.11. The van der Waals surface area contributed by atoms with Gasteiger partial charge in [-0.15, -0.1) is 0 Å². The molecule has 0 aliphatic rings. The summed E-state index contributed by atoms with van der Waals surface area (Å²) in [6, 6.07) is 3.16. The number of nitro groups is 2. The molecule has 0 heterocycles. The summed E-state index contributed by atoms with van der Waals surface area (Å²) >= 11 is 0. The Morgan fingerprint density at radius 2 is 1.29 bits per heavy atom. The molecule has 0 bridgehead atoms. The van der Waals surface area contributed by atoms with Crippen LogP contribution in [0.1, 0.15) is 11.1 Å². The molecule has 0 saturated heterocycles. The van der Waals surface area contributed by atoms with E-state index in [0.29, 0.717) is 24.3 Å². The van der Waals surface area contributed by atoms with E-state index in [2.05, 4.69) is 0 Å². The summed E-state index contributed by atoms with van der Waals surface area (Å²) in [5.74, 6) is -2.81. The second-order valence-electron chi connectivity index (χ2n) is 4.81. The second kappa shape index (κ2) is 8.14. The van der Waals surface area contributed by atoms with Gasteiger partial charge in [-0.1, -0.05) is 6.07 Å². The first-order valence-electron chi connectivity index (χ1n) is 6.67. The summed E-state index contributed by atoms with van der Waals surface area (Å²) in [6.07, 6.45) is -9.99. The number of hydrogen-bond acceptors (Lipinski definition) is 4. The normalized spacial score (nSPS) is 11.4. The second-order valence-corrected chi connectivity index (χ2v) is 4.81. The van der Waals surface area contributed by atoms with Crippen LogP contribution in [-0.4, -0.2) is 9.85 Å². The van der Waals surface area contributed by atoms with Crippen molar-refractivity contribution in [3.05, 3.63) is 79.4 Å². The molecular formula is C14H6F8N2O4. The third kappa shape index (κ3) is 5.59. The summed E-state index contributed by atoms with van der Waals surface area (Å²) in [5.41, 5.74) is -5.86. The summed E-state index contributed by atoms with van der Waals surface area (Å²) in [7, 11) is 0. The van der Waals surface area contributed by atoms with Crippen molar-refractivity contribution in [1.82, 2.24) is 0 Å². The molecule has 0 fully saturated rings. The molecule has 0 unspecified atom stereocenters. The van der Waals surface area contributed by atoms with Crippen LogP contribution in [0.25, 0.3) is 0 Å². The Bertz CT molecular complexity index is 896. The van der Waals surface area contributed by atoms with E-state index in [1.54, 1.807) is 0 Å². The summed E-state index contributed by atoms with van der Waals surface area (Å²) < 4.78 is 97.8. The highest BCUT2D eigenvalue weighted by molar-refractivity contribution is 5.43. The van der Waals surface area contributed by atoms with Crippen LogP contribution in [0.4, 0.5) is 46.5 Å². The number of nitro benzene ring substituents is 2. The van der Waals surface area contributed by atoms with Crippen LogP contribution in [0, 0.1) is 31.9 Å². The summed E-state index contributed by atoms with van der Waals surface area (Å²) in [4.78, 5) is 17.8. The highest BCUT2D eigenvalue weighted by Crippen LogP contribution is 2.38. The molecule has 2 aromatic rings. The van der Waals surface area contributed by atoms with Gasteiger partial charge in [0.25, 0.3) is 11.4 Å². The Kier molecular flexibility index (Phi) is 6.61. The molecule has 0 amide bonds. The fourth-order valence-corrected chi connectivity index (χ4v) is 1.84. The van der Waals surface area contributed by atoms with Crippen LogP contribution < -0.4 is 0 Å². The van der Waals surface area contributed by atoms with Crippen molar-refractivity contribution in [3.8, 4) is 0 Å². The lowest BCUT2D eigenvalue weighted by atomic mass is 10.1. The molecule has 2 aromatic carbocycles. The van der Waals surface area contributed by atoms with Crippen LogP contribution in [0.2, 0.25) is 0 Å². The fourth-order valence-electron chi connectivity index (χ4n) is 1.84. The standard InChI is InChI=1S/2C7H3F4NO2/c8-4-1-2-6(12(13)14)5(3-4)7(9,10)11;8-4-2-1-3-5(12(13)14)6(4)7(9,10)11/h2*1-3H. The average Bonchev–Trinajstić information content (AvgIpc) is 2.52. The zero-order valence-electron chi connectivity index (χ0n) is 13.0. The van der Waals surface area contributed by atoms with Gasteiger partial charge in [0.15, 0.2) is 5.56 Å².